The van der Waals surface area contributed by atoms with Crippen molar-refractivity contribution in [3.05, 3.63) is 66.7 Å². The van der Waals surface area contributed by atoms with E-state index in [4.69, 9.17) is 9.47 Å². The maximum absolute atomic E-state index is 10.9. The highest BCUT2D eigenvalue weighted by molar-refractivity contribution is 5.81. The molecule has 0 saturated carbocycles. The molecule has 0 aliphatic carbocycles. The predicted molar refractivity (Wildman–Crippen MR) is 121 cm³/mol. The van der Waals surface area contributed by atoms with Crippen LogP contribution in [0.1, 0.15) is 51.0 Å². The van der Waals surface area contributed by atoms with Crippen LogP contribution in [0.2, 0.25) is 0 Å². The van der Waals surface area contributed by atoms with Crippen molar-refractivity contribution in [3.8, 4) is 5.75 Å². The van der Waals surface area contributed by atoms with E-state index in [0.717, 1.165) is 49.2 Å². The van der Waals surface area contributed by atoms with E-state index >= 15 is 0 Å². The van der Waals surface area contributed by atoms with Crippen molar-refractivity contribution in [2.24, 2.45) is 10.2 Å². The number of unbranched alkanes of at least 4 members (excludes halogenated alkanes) is 4. The first-order chi connectivity index (χ1) is 14.7. The van der Waals surface area contributed by atoms with Crippen LogP contribution in [0.5, 0.6) is 5.75 Å². The first-order valence-electron chi connectivity index (χ1n) is 10.7. The summed E-state index contributed by atoms with van der Waals surface area (Å²) in [7, 11) is 0. The molecule has 0 radical (unpaired) electrons. The fraction of sp³-hybridized carbons (Fsp3) is 0.400. The maximum atomic E-state index is 10.9. The van der Waals surface area contributed by atoms with Gasteiger partial charge in [-0.1, -0.05) is 32.1 Å². The lowest BCUT2D eigenvalue weighted by Crippen LogP contribution is -2.02. The number of ether oxygens (including phenoxy) is 2. The Labute approximate surface area is 179 Å². The Hall–Kier alpha value is -2.95. The summed E-state index contributed by atoms with van der Waals surface area (Å²) in [4.78, 5) is 10.9. The number of nitrogens with zero attached hydrogens (tertiary/aromatic N) is 2. The first kappa shape index (κ1) is 23.3. The number of hydrogen-bond donors (Lipinski definition) is 0. The molecule has 2 aromatic carbocycles. The predicted octanol–water partition coefficient (Wildman–Crippen LogP) is 7.11. The Morgan fingerprint density at radius 3 is 2.07 bits per heavy atom. The summed E-state index contributed by atoms with van der Waals surface area (Å²) in [6.45, 7) is 6.68. The van der Waals surface area contributed by atoms with Crippen LogP contribution in [-0.4, -0.2) is 19.2 Å². The van der Waals surface area contributed by atoms with Gasteiger partial charge >= 0.3 is 5.97 Å². The summed E-state index contributed by atoms with van der Waals surface area (Å²) in [6.07, 6.45) is 8.58. The van der Waals surface area contributed by atoms with Crippen LogP contribution < -0.4 is 4.74 Å². The van der Waals surface area contributed by atoms with E-state index < -0.39 is 0 Å². The van der Waals surface area contributed by atoms with Gasteiger partial charge in [0.15, 0.2) is 0 Å². The van der Waals surface area contributed by atoms with Crippen molar-refractivity contribution in [2.75, 3.05) is 13.2 Å². The molecule has 0 N–H and O–H groups in total. The number of carbonyl (C=O) groups excluding carboxylic acids is 1. The van der Waals surface area contributed by atoms with Crippen LogP contribution in [0.15, 0.2) is 71.4 Å². The van der Waals surface area contributed by atoms with Crippen LogP contribution in [0.25, 0.3) is 0 Å². The van der Waals surface area contributed by atoms with E-state index in [-0.39, 0.29) is 5.97 Å². The molecule has 2 aromatic rings. The third-order valence-electron chi connectivity index (χ3n) is 4.59. The van der Waals surface area contributed by atoms with E-state index in [1.165, 1.54) is 24.5 Å². The molecule has 0 aliphatic rings. The standard InChI is InChI=1S/C25H32N2O3/c1-3-5-10-21-11-13-22(14-12-21)26-27-23-15-17-24(18-16-23)29-19-8-6-7-9-20-30-25(28)4-2/h4,11-18H,2-3,5-10,19-20H2,1H3. The quantitative estimate of drug-likeness (QED) is 0.145. The van der Waals surface area contributed by atoms with Crippen molar-refractivity contribution >= 4 is 17.3 Å². The normalized spacial score (nSPS) is 10.8. The molecule has 0 aromatic heterocycles. The molecule has 0 unspecified atom stereocenters. The summed E-state index contributed by atoms with van der Waals surface area (Å²) in [5.74, 6) is 0.468. The lowest BCUT2D eigenvalue weighted by molar-refractivity contribution is -0.137. The molecule has 2 rings (SSSR count). The Morgan fingerprint density at radius 2 is 1.47 bits per heavy atom. The molecule has 0 amide bonds. The smallest absolute Gasteiger partial charge is 0.330 e. The van der Waals surface area contributed by atoms with Crippen molar-refractivity contribution < 1.29 is 14.3 Å². The fourth-order valence-corrected chi connectivity index (χ4v) is 2.81. The average Bonchev–Trinajstić information content (AvgIpc) is 2.79. The highest BCUT2D eigenvalue weighted by Gasteiger charge is 1.98. The Kier molecular flexibility index (Phi) is 11.0. The molecule has 160 valence electrons. The summed E-state index contributed by atoms with van der Waals surface area (Å²) in [6, 6.07) is 15.9. The van der Waals surface area contributed by atoms with Crippen LogP contribution in [0, 0.1) is 0 Å². The van der Waals surface area contributed by atoms with Gasteiger partial charge in [0.2, 0.25) is 0 Å². The Bertz CT molecular complexity index is 783. The molecule has 0 atom stereocenters. The number of carbonyl (C=O) groups is 1. The number of aryl methyl sites for hydroxylation is 1. The SMILES string of the molecule is C=CC(=O)OCCCCCCOc1ccc(N=Nc2ccc(CCCC)cc2)cc1. The molecule has 0 bridgehead atoms. The zero-order chi connectivity index (χ0) is 21.4. The molecule has 0 spiro atoms. The van der Waals surface area contributed by atoms with Crippen LogP contribution in [0.3, 0.4) is 0 Å². The molecule has 5 heteroatoms. The number of rotatable bonds is 14. The van der Waals surface area contributed by atoms with Crippen molar-refractivity contribution in [2.45, 2.75) is 51.9 Å². The van der Waals surface area contributed by atoms with Crippen LogP contribution >= 0.6 is 0 Å². The highest BCUT2D eigenvalue weighted by atomic mass is 16.5. The molecular formula is C25H32N2O3. The topological polar surface area (TPSA) is 60.2 Å². The molecule has 5 nitrogen and oxygen atoms in total. The van der Waals surface area contributed by atoms with Gasteiger partial charge < -0.3 is 9.47 Å². The lowest BCUT2D eigenvalue weighted by atomic mass is 10.1. The first-order valence-corrected chi connectivity index (χ1v) is 10.7. The number of azo groups is 1. The molecule has 0 heterocycles. The van der Waals surface area contributed by atoms with E-state index in [9.17, 15) is 4.79 Å². The monoisotopic (exact) mass is 408 g/mol. The molecular weight excluding hydrogens is 376 g/mol. The van der Waals surface area contributed by atoms with Gasteiger partial charge in [-0.2, -0.15) is 10.2 Å². The Morgan fingerprint density at radius 1 is 0.867 bits per heavy atom. The van der Waals surface area contributed by atoms with Crippen molar-refractivity contribution in [1.29, 1.82) is 0 Å². The minimum atomic E-state index is -0.360. The van der Waals surface area contributed by atoms with Gasteiger partial charge in [-0.3, -0.25) is 0 Å². The summed E-state index contributed by atoms with van der Waals surface area (Å²) >= 11 is 0. The minimum absolute atomic E-state index is 0.360. The number of benzene rings is 2. The molecule has 30 heavy (non-hydrogen) atoms. The summed E-state index contributed by atoms with van der Waals surface area (Å²) in [5.41, 5.74) is 3.00. The molecule has 0 saturated heterocycles. The zero-order valence-corrected chi connectivity index (χ0v) is 17.9. The lowest BCUT2D eigenvalue weighted by Gasteiger charge is -2.06. The summed E-state index contributed by atoms with van der Waals surface area (Å²) in [5, 5.41) is 8.60. The van der Waals surface area contributed by atoms with E-state index in [1.807, 2.05) is 36.4 Å². The second kappa shape index (κ2) is 14.1. The van der Waals surface area contributed by atoms with Gasteiger partial charge in [-0.05, 0) is 80.5 Å². The third-order valence-corrected chi connectivity index (χ3v) is 4.59. The molecule has 0 aliphatic heterocycles. The number of hydrogen-bond acceptors (Lipinski definition) is 5. The van der Waals surface area contributed by atoms with Gasteiger partial charge in [0.25, 0.3) is 0 Å². The largest absolute Gasteiger partial charge is 0.494 e. The van der Waals surface area contributed by atoms with Gasteiger partial charge in [0.05, 0.1) is 24.6 Å². The second-order valence-electron chi connectivity index (χ2n) is 7.10. The molecule has 0 fully saturated rings. The highest BCUT2D eigenvalue weighted by Crippen LogP contribution is 2.22. The van der Waals surface area contributed by atoms with E-state index in [1.54, 1.807) is 0 Å². The Balaban J connectivity index is 1.64. The second-order valence-corrected chi connectivity index (χ2v) is 7.10. The fourth-order valence-electron chi connectivity index (χ4n) is 2.81. The van der Waals surface area contributed by atoms with E-state index in [2.05, 4.69) is 35.9 Å². The van der Waals surface area contributed by atoms with Gasteiger partial charge in [-0.25, -0.2) is 4.79 Å². The number of esters is 1. The maximum Gasteiger partial charge on any atom is 0.330 e. The third kappa shape index (κ3) is 9.50. The van der Waals surface area contributed by atoms with Gasteiger partial charge in [-0.15, -0.1) is 0 Å². The zero-order valence-electron chi connectivity index (χ0n) is 17.9. The van der Waals surface area contributed by atoms with Gasteiger partial charge in [0, 0.05) is 6.08 Å². The van der Waals surface area contributed by atoms with Gasteiger partial charge in [0.1, 0.15) is 5.75 Å². The minimum Gasteiger partial charge on any atom is -0.494 e. The summed E-state index contributed by atoms with van der Waals surface area (Å²) < 4.78 is 10.7. The average molecular weight is 409 g/mol. The van der Waals surface area contributed by atoms with Crippen LogP contribution in [-0.2, 0) is 16.0 Å². The van der Waals surface area contributed by atoms with Crippen molar-refractivity contribution in [3.63, 3.8) is 0 Å². The van der Waals surface area contributed by atoms with E-state index in [0.29, 0.717) is 13.2 Å². The van der Waals surface area contributed by atoms with Crippen LogP contribution in [0.4, 0.5) is 11.4 Å². The van der Waals surface area contributed by atoms with Crippen molar-refractivity contribution in [1.82, 2.24) is 0 Å².